The van der Waals surface area contributed by atoms with Crippen LogP contribution in [0.3, 0.4) is 0 Å². The number of rotatable bonds is 6. The van der Waals surface area contributed by atoms with Gasteiger partial charge in [-0.1, -0.05) is 36.4 Å². The minimum absolute atomic E-state index is 0.175. The zero-order chi connectivity index (χ0) is 17.6. The quantitative estimate of drug-likeness (QED) is 0.670. The van der Waals surface area contributed by atoms with Gasteiger partial charge >= 0.3 is 0 Å². The zero-order valence-electron chi connectivity index (χ0n) is 13.4. The monoisotopic (exact) mass is 357 g/mol. The van der Waals surface area contributed by atoms with Gasteiger partial charge in [0.15, 0.2) is 0 Å². The Hall–Kier alpha value is -2.53. The van der Waals surface area contributed by atoms with Crippen molar-refractivity contribution in [3.05, 3.63) is 93.7 Å². The Kier molecular flexibility index (Phi) is 5.56. The summed E-state index contributed by atoms with van der Waals surface area (Å²) >= 11 is 1.52. The maximum Gasteiger partial charge on any atom is 0.221 e. The molecule has 2 nitrogen and oxygen atoms in total. The lowest BCUT2D eigenvalue weighted by molar-refractivity contribution is -0.121. The molecule has 0 aliphatic carbocycles. The van der Waals surface area contributed by atoms with E-state index in [0.717, 1.165) is 10.4 Å². The van der Waals surface area contributed by atoms with Crippen molar-refractivity contribution in [1.82, 2.24) is 5.32 Å². The number of hydrogen-bond donors (Lipinski definition) is 1. The third-order valence-electron chi connectivity index (χ3n) is 3.92. The number of aryl methyl sites for hydroxylation is 1. The van der Waals surface area contributed by atoms with Crippen LogP contribution in [0.1, 0.15) is 28.5 Å². The van der Waals surface area contributed by atoms with E-state index in [0.29, 0.717) is 12.0 Å². The van der Waals surface area contributed by atoms with Crippen molar-refractivity contribution in [2.75, 3.05) is 0 Å². The molecule has 0 saturated heterocycles. The smallest absolute Gasteiger partial charge is 0.221 e. The standard InChI is InChI=1S/C20H17F2NOS/c21-16-10-7-15(8-11-16)20(18-6-3-13-25-18)23-19(24)12-9-14-4-1-2-5-17(14)22/h1-8,10-11,13,20H,9,12H2,(H,23,24). The summed E-state index contributed by atoms with van der Waals surface area (Å²) in [5, 5.41) is 4.90. The van der Waals surface area contributed by atoms with E-state index in [9.17, 15) is 13.6 Å². The summed E-state index contributed by atoms with van der Waals surface area (Å²) in [7, 11) is 0. The topological polar surface area (TPSA) is 29.1 Å². The van der Waals surface area contributed by atoms with Crippen LogP contribution in [0.15, 0.2) is 66.0 Å². The molecule has 0 aliphatic rings. The average molecular weight is 357 g/mol. The summed E-state index contributed by atoms with van der Waals surface area (Å²) in [6, 6.07) is 16.0. The Morgan fingerprint density at radius 1 is 1.00 bits per heavy atom. The van der Waals surface area contributed by atoms with Crippen molar-refractivity contribution in [2.24, 2.45) is 0 Å². The molecule has 1 aromatic heterocycles. The van der Waals surface area contributed by atoms with Gasteiger partial charge in [-0.05, 0) is 47.2 Å². The fourth-order valence-corrected chi connectivity index (χ4v) is 3.41. The summed E-state index contributed by atoms with van der Waals surface area (Å²) in [6.45, 7) is 0. The molecule has 0 radical (unpaired) electrons. The van der Waals surface area contributed by atoms with Crippen LogP contribution >= 0.6 is 11.3 Å². The van der Waals surface area contributed by atoms with Crippen LogP contribution in [0.5, 0.6) is 0 Å². The van der Waals surface area contributed by atoms with Gasteiger partial charge in [-0.25, -0.2) is 8.78 Å². The van der Waals surface area contributed by atoms with E-state index in [1.165, 1.54) is 29.5 Å². The molecule has 0 spiro atoms. The van der Waals surface area contributed by atoms with Crippen LogP contribution in [0, 0.1) is 11.6 Å². The second kappa shape index (κ2) is 8.03. The molecular weight excluding hydrogens is 340 g/mol. The summed E-state index contributed by atoms with van der Waals surface area (Å²) < 4.78 is 26.8. The molecule has 25 heavy (non-hydrogen) atoms. The molecule has 1 amide bonds. The van der Waals surface area contributed by atoms with Crippen molar-refractivity contribution in [3.63, 3.8) is 0 Å². The highest BCUT2D eigenvalue weighted by Gasteiger charge is 2.18. The highest BCUT2D eigenvalue weighted by molar-refractivity contribution is 7.10. The summed E-state index contributed by atoms with van der Waals surface area (Å²) in [4.78, 5) is 13.3. The predicted molar refractivity (Wildman–Crippen MR) is 95.4 cm³/mol. The van der Waals surface area contributed by atoms with Crippen molar-refractivity contribution in [1.29, 1.82) is 0 Å². The lowest BCUT2D eigenvalue weighted by Gasteiger charge is -2.18. The number of halogens is 2. The second-order valence-corrected chi connectivity index (χ2v) is 6.64. The second-order valence-electron chi connectivity index (χ2n) is 5.66. The normalized spacial score (nSPS) is 11.9. The van der Waals surface area contributed by atoms with E-state index in [4.69, 9.17) is 0 Å². The first kappa shape index (κ1) is 17.3. The lowest BCUT2D eigenvalue weighted by Crippen LogP contribution is -2.29. The van der Waals surface area contributed by atoms with Crippen LogP contribution in [-0.2, 0) is 11.2 Å². The van der Waals surface area contributed by atoms with Crippen LogP contribution in [0.4, 0.5) is 8.78 Å². The molecule has 1 unspecified atom stereocenters. The Bertz CT molecular complexity index is 831. The van der Waals surface area contributed by atoms with Crippen LogP contribution in [0.25, 0.3) is 0 Å². The first-order valence-electron chi connectivity index (χ1n) is 7.95. The van der Waals surface area contributed by atoms with E-state index < -0.39 is 0 Å². The number of hydrogen-bond acceptors (Lipinski definition) is 2. The molecule has 0 bridgehead atoms. The Morgan fingerprint density at radius 3 is 2.44 bits per heavy atom. The molecule has 1 heterocycles. The van der Waals surface area contributed by atoms with Gasteiger partial charge in [0.05, 0.1) is 6.04 Å². The van der Waals surface area contributed by atoms with Gasteiger partial charge in [0.2, 0.25) is 5.91 Å². The van der Waals surface area contributed by atoms with Crippen LogP contribution in [-0.4, -0.2) is 5.91 Å². The Balaban J connectivity index is 1.71. The Morgan fingerprint density at radius 2 is 1.76 bits per heavy atom. The Labute approximate surface area is 149 Å². The predicted octanol–water partition coefficient (Wildman–Crippen LogP) is 4.86. The van der Waals surface area contributed by atoms with Crippen molar-refractivity contribution >= 4 is 17.2 Å². The SMILES string of the molecule is O=C(CCc1ccccc1F)NC(c1ccc(F)cc1)c1cccs1. The minimum atomic E-state index is -0.339. The maximum atomic E-state index is 13.7. The third kappa shape index (κ3) is 4.51. The van der Waals surface area contributed by atoms with Gasteiger partial charge in [-0.15, -0.1) is 11.3 Å². The number of carbonyl (C=O) groups is 1. The van der Waals surface area contributed by atoms with Crippen molar-refractivity contribution < 1.29 is 13.6 Å². The summed E-state index contributed by atoms with van der Waals surface area (Å²) in [5.74, 6) is -0.797. The van der Waals surface area contributed by atoms with Crippen molar-refractivity contribution in [3.8, 4) is 0 Å². The molecule has 5 heteroatoms. The average Bonchev–Trinajstić information content (AvgIpc) is 3.14. The highest BCUT2D eigenvalue weighted by Crippen LogP contribution is 2.26. The largest absolute Gasteiger partial charge is 0.344 e. The van der Waals surface area contributed by atoms with Crippen LogP contribution in [0.2, 0.25) is 0 Å². The van der Waals surface area contributed by atoms with E-state index in [1.807, 2.05) is 17.5 Å². The molecular formula is C20H17F2NOS. The number of nitrogens with one attached hydrogen (secondary N) is 1. The van der Waals surface area contributed by atoms with Gasteiger partial charge in [-0.2, -0.15) is 0 Å². The minimum Gasteiger partial charge on any atom is -0.344 e. The third-order valence-corrected chi connectivity index (χ3v) is 4.85. The molecule has 0 fully saturated rings. The van der Waals surface area contributed by atoms with Gasteiger partial charge in [0, 0.05) is 11.3 Å². The van der Waals surface area contributed by atoms with Gasteiger partial charge in [0.25, 0.3) is 0 Å². The van der Waals surface area contributed by atoms with E-state index in [1.54, 1.807) is 30.3 Å². The zero-order valence-corrected chi connectivity index (χ0v) is 14.2. The first-order chi connectivity index (χ1) is 12.1. The molecule has 1 N–H and O–H groups in total. The summed E-state index contributed by atoms with van der Waals surface area (Å²) in [6.07, 6.45) is 0.517. The number of amides is 1. The number of thiophene rings is 1. The first-order valence-corrected chi connectivity index (χ1v) is 8.83. The maximum absolute atomic E-state index is 13.7. The number of benzene rings is 2. The highest BCUT2D eigenvalue weighted by atomic mass is 32.1. The molecule has 0 saturated carbocycles. The van der Waals surface area contributed by atoms with Gasteiger partial charge < -0.3 is 5.32 Å². The molecule has 0 aliphatic heterocycles. The fraction of sp³-hybridized carbons (Fsp3) is 0.150. The van der Waals surface area contributed by atoms with Crippen molar-refractivity contribution in [2.45, 2.75) is 18.9 Å². The van der Waals surface area contributed by atoms with Gasteiger partial charge in [-0.3, -0.25) is 4.79 Å². The van der Waals surface area contributed by atoms with Gasteiger partial charge in [0.1, 0.15) is 11.6 Å². The molecule has 2 aromatic carbocycles. The fourth-order valence-electron chi connectivity index (χ4n) is 2.61. The molecule has 3 aromatic rings. The van der Waals surface area contributed by atoms with Crippen LogP contribution < -0.4 is 5.32 Å². The van der Waals surface area contributed by atoms with E-state index in [-0.39, 0.29) is 30.0 Å². The summed E-state index contributed by atoms with van der Waals surface area (Å²) in [5.41, 5.74) is 1.33. The molecule has 3 rings (SSSR count). The lowest BCUT2D eigenvalue weighted by atomic mass is 10.0. The molecule has 1 atom stereocenters. The van der Waals surface area contributed by atoms with E-state index in [2.05, 4.69) is 5.32 Å². The van der Waals surface area contributed by atoms with E-state index >= 15 is 0 Å². The molecule has 128 valence electrons. The number of carbonyl (C=O) groups excluding carboxylic acids is 1.